The summed E-state index contributed by atoms with van der Waals surface area (Å²) in [5.41, 5.74) is 2.99. The molecule has 2 heterocycles. The van der Waals surface area contributed by atoms with Crippen LogP contribution in [0.5, 0.6) is 5.75 Å². The van der Waals surface area contributed by atoms with E-state index in [-0.39, 0.29) is 22.7 Å². The van der Waals surface area contributed by atoms with Gasteiger partial charge in [0.05, 0.1) is 17.7 Å². The van der Waals surface area contributed by atoms with Crippen LogP contribution < -0.4 is 14.4 Å². The van der Waals surface area contributed by atoms with Crippen molar-refractivity contribution in [1.29, 1.82) is 0 Å². The van der Waals surface area contributed by atoms with Crippen LogP contribution in [0.3, 0.4) is 0 Å². The maximum atomic E-state index is 12.9. The molecule has 1 aliphatic rings. The van der Waals surface area contributed by atoms with Crippen molar-refractivity contribution < 1.29 is 17.9 Å². The van der Waals surface area contributed by atoms with Crippen molar-refractivity contribution in [1.82, 2.24) is 10.2 Å². The monoisotopic (exact) mass is 426 g/mol. The van der Waals surface area contributed by atoms with E-state index in [0.717, 1.165) is 16.8 Å². The van der Waals surface area contributed by atoms with Gasteiger partial charge in [0.1, 0.15) is 5.75 Å². The highest BCUT2D eigenvalue weighted by Crippen LogP contribution is 2.34. The minimum atomic E-state index is -3.84. The Labute approximate surface area is 174 Å². The SMILES string of the molecule is COc1ccccc1-c1cc(NS(=O)(=O)c2ccc3c(c2)C[C@@H](C)N3C(C)=O)n[nH]1. The number of fused-ring (bicyclic) bond motifs is 1. The predicted octanol–water partition coefficient (Wildman–Crippen LogP) is 3.18. The van der Waals surface area contributed by atoms with Gasteiger partial charge in [0.15, 0.2) is 5.82 Å². The summed E-state index contributed by atoms with van der Waals surface area (Å²) in [5, 5.41) is 6.91. The van der Waals surface area contributed by atoms with Gasteiger partial charge in [-0.2, -0.15) is 5.10 Å². The third kappa shape index (κ3) is 3.52. The van der Waals surface area contributed by atoms with Gasteiger partial charge in [0.25, 0.3) is 10.0 Å². The number of aromatic amines is 1. The van der Waals surface area contributed by atoms with Crippen molar-refractivity contribution in [3.63, 3.8) is 0 Å². The Kier molecular flexibility index (Phi) is 4.98. The number of H-pyrrole nitrogens is 1. The van der Waals surface area contributed by atoms with E-state index < -0.39 is 10.0 Å². The Hall–Kier alpha value is -3.33. The van der Waals surface area contributed by atoms with E-state index in [9.17, 15) is 13.2 Å². The highest BCUT2D eigenvalue weighted by atomic mass is 32.2. The van der Waals surface area contributed by atoms with Crippen LogP contribution in [0.1, 0.15) is 19.4 Å². The maximum absolute atomic E-state index is 12.9. The number of methoxy groups -OCH3 is 1. The zero-order valence-electron chi connectivity index (χ0n) is 16.8. The van der Waals surface area contributed by atoms with Crippen LogP contribution >= 0.6 is 0 Å². The molecular formula is C21H22N4O4S. The molecule has 0 spiro atoms. The summed E-state index contributed by atoms with van der Waals surface area (Å²) in [5.74, 6) is 0.767. The van der Waals surface area contributed by atoms with Crippen LogP contribution in [-0.2, 0) is 21.2 Å². The number of nitrogens with one attached hydrogen (secondary N) is 2. The number of benzene rings is 2. The Morgan fingerprint density at radius 2 is 2.00 bits per heavy atom. The first-order valence-corrected chi connectivity index (χ1v) is 10.9. The second kappa shape index (κ2) is 7.49. The highest BCUT2D eigenvalue weighted by Gasteiger charge is 2.30. The van der Waals surface area contributed by atoms with Crippen LogP contribution in [0.25, 0.3) is 11.3 Å². The summed E-state index contributed by atoms with van der Waals surface area (Å²) in [7, 11) is -2.27. The maximum Gasteiger partial charge on any atom is 0.263 e. The fraction of sp³-hybridized carbons (Fsp3) is 0.238. The second-order valence-electron chi connectivity index (χ2n) is 7.21. The first kappa shape index (κ1) is 20.0. The molecule has 0 radical (unpaired) electrons. The molecule has 30 heavy (non-hydrogen) atoms. The number of hydrogen-bond donors (Lipinski definition) is 2. The molecule has 2 aromatic carbocycles. The Balaban J connectivity index is 1.60. The van der Waals surface area contributed by atoms with E-state index >= 15 is 0 Å². The van der Waals surface area contributed by atoms with Gasteiger partial charge >= 0.3 is 0 Å². The summed E-state index contributed by atoms with van der Waals surface area (Å²) in [4.78, 5) is 13.7. The third-order valence-electron chi connectivity index (χ3n) is 5.13. The van der Waals surface area contributed by atoms with Gasteiger partial charge in [-0.05, 0) is 49.2 Å². The molecule has 1 amide bonds. The molecular weight excluding hydrogens is 404 g/mol. The van der Waals surface area contributed by atoms with Crippen LogP contribution in [0.4, 0.5) is 11.5 Å². The molecule has 0 saturated heterocycles. The lowest BCUT2D eigenvalue weighted by molar-refractivity contribution is -0.116. The van der Waals surface area contributed by atoms with E-state index in [1.807, 2.05) is 31.2 Å². The van der Waals surface area contributed by atoms with Gasteiger partial charge in [-0.15, -0.1) is 0 Å². The predicted molar refractivity (Wildman–Crippen MR) is 114 cm³/mol. The average molecular weight is 426 g/mol. The van der Waals surface area contributed by atoms with Gasteiger partial charge in [0.2, 0.25) is 5.91 Å². The number of rotatable bonds is 5. The number of carbonyl (C=O) groups is 1. The second-order valence-corrected chi connectivity index (χ2v) is 8.89. The molecule has 9 heteroatoms. The fourth-order valence-electron chi connectivity index (χ4n) is 3.83. The molecule has 1 atom stereocenters. The topological polar surface area (TPSA) is 104 Å². The number of para-hydroxylation sites is 1. The lowest BCUT2D eigenvalue weighted by atomic mass is 10.1. The number of nitrogens with zero attached hydrogens (tertiary/aromatic N) is 2. The molecule has 2 N–H and O–H groups in total. The van der Waals surface area contributed by atoms with Gasteiger partial charge in [0, 0.05) is 30.3 Å². The molecule has 8 nitrogen and oxygen atoms in total. The van der Waals surface area contributed by atoms with Crippen LogP contribution in [-0.4, -0.2) is 37.7 Å². The minimum absolute atomic E-state index is 0.00170. The van der Waals surface area contributed by atoms with Gasteiger partial charge in [-0.1, -0.05) is 12.1 Å². The number of hydrogen-bond acceptors (Lipinski definition) is 5. The molecule has 0 bridgehead atoms. The summed E-state index contributed by atoms with van der Waals surface area (Å²) in [6.07, 6.45) is 0.610. The number of amides is 1. The molecule has 0 fully saturated rings. The van der Waals surface area contributed by atoms with E-state index in [2.05, 4.69) is 14.9 Å². The number of aromatic nitrogens is 2. The standard InChI is InChI=1S/C21H22N4O4S/c1-13-10-15-11-16(8-9-19(15)25(13)14(2)26)30(27,28)24-21-12-18(22-23-21)17-6-4-5-7-20(17)29-3/h4-9,11-13H,10H2,1-3H3,(H2,22,23,24)/t13-/m1/s1. The molecule has 0 unspecified atom stereocenters. The zero-order valence-corrected chi connectivity index (χ0v) is 17.7. The molecule has 1 aromatic heterocycles. The van der Waals surface area contributed by atoms with Crippen molar-refractivity contribution in [3.05, 3.63) is 54.1 Å². The number of sulfonamides is 1. The molecule has 3 aromatic rings. The normalized spacial score (nSPS) is 15.7. The van der Waals surface area contributed by atoms with Crippen molar-refractivity contribution in [2.24, 2.45) is 0 Å². The molecule has 4 rings (SSSR count). The Morgan fingerprint density at radius 3 is 2.73 bits per heavy atom. The lowest BCUT2D eigenvalue weighted by Gasteiger charge is -2.20. The van der Waals surface area contributed by atoms with Crippen molar-refractivity contribution in [3.8, 4) is 17.0 Å². The first-order valence-electron chi connectivity index (χ1n) is 9.44. The third-order valence-corrected chi connectivity index (χ3v) is 6.48. The van der Waals surface area contributed by atoms with Gasteiger partial charge < -0.3 is 9.64 Å². The summed E-state index contributed by atoms with van der Waals surface area (Å²) in [6, 6.07) is 13.8. The first-order chi connectivity index (χ1) is 14.3. The summed E-state index contributed by atoms with van der Waals surface area (Å²) in [6.45, 7) is 3.45. The van der Waals surface area contributed by atoms with Gasteiger partial charge in [-0.3, -0.25) is 14.6 Å². The fourth-order valence-corrected chi connectivity index (χ4v) is 4.87. The molecule has 0 aliphatic carbocycles. The van der Waals surface area contributed by atoms with E-state index in [0.29, 0.717) is 17.9 Å². The lowest BCUT2D eigenvalue weighted by Crippen LogP contribution is -2.33. The zero-order chi connectivity index (χ0) is 21.5. The smallest absolute Gasteiger partial charge is 0.263 e. The molecule has 156 valence electrons. The van der Waals surface area contributed by atoms with Crippen LogP contribution in [0.15, 0.2) is 53.4 Å². The van der Waals surface area contributed by atoms with Crippen molar-refractivity contribution in [2.45, 2.75) is 31.2 Å². The number of ether oxygens (including phenoxy) is 1. The number of anilines is 2. The average Bonchev–Trinajstić information content (AvgIpc) is 3.30. The minimum Gasteiger partial charge on any atom is -0.496 e. The van der Waals surface area contributed by atoms with Gasteiger partial charge in [-0.25, -0.2) is 8.42 Å². The largest absolute Gasteiger partial charge is 0.496 e. The summed E-state index contributed by atoms with van der Waals surface area (Å²) < 4.78 is 33.6. The molecule has 1 aliphatic heterocycles. The Morgan fingerprint density at radius 1 is 1.23 bits per heavy atom. The van der Waals surface area contributed by atoms with E-state index in [1.54, 1.807) is 30.2 Å². The van der Waals surface area contributed by atoms with Crippen LogP contribution in [0, 0.1) is 0 Å². The van der Waals surface area contributed by atoms with E-state index in [1.165, 1.54) is 13.0 Å². The summed E-state index contributed by atoms with van der Waals surface area (Å²) >= 11 is 0. The van der Waals surface area contributed by atoms with E-state index in [4.69, 9.17) is 4.74 Å². The van der Waals surface area contributed by atoms with Crippen molar-refractivity contribution in [2.75, 3.05) is 16.7 Å². The molecule has 0 saturated carbocycles. The quantitative estimate of drug-likeness (QED) is 0.652. The van der Waals surface area contributed by atoms with Crippen molar-refractivity contribution >= 4 is 27.4 Å². The highest BCUT2D eigenvalue weighted by molar-refractivity contribution is 7.92. The Bertz CT molecular complexity index is 1220. The van der Waals surface area contributed by atoms with Crippen LogP contribution in [0.2, 0.25) is 0 Å². The number of carbonyl (C=O) groups excluding carboxylic acids is 1.